The number of phenols is 2. The van der Waals surface area contributed by atoms with Crippen LogP contribution in [0.2, 0.25) is 0 Å². The molecule has 0 aromatic heterocycles. The zero-order chi connectivity index (χ0) is 25.5. The molecule has 3 rings (SSSR count). The summed E-state index contributed by atoms with van der Waals surface area (Å²) in [5.74, 6) is -5.89. The average molecular weight is 519 g/mol. The third kappa shape index (κ3) is 5.90. The highest BCUT2D eigenvalue weighted by atomic mass is 16.4. The number of quaternary nitrogens is 3. The van der Waals surface area contributed by atoms with E-state index in [0.717, 1.165) is 6.08 Å². The Morgan fingerprint density at radius 2 is 1.05 bits per heavy atom. The summed E-state index contributed by atoms with van der Waals surface area (Å²) in [5, 5.41) is 48.9. The molecular formula is C25H32N3O9+3. The first-order chi connectivity index (χ1) is 15.8. The number of aliphatic carboxylic acids is 1. The van der Waals surface area contributed by atoms with Gasteiger partial charge in [-0.05, 0) is 96.2 Å². The molecular weight excluding hydrogens is 486 g/mol. The molecule has 0 radical (unpaired) electrons. The van der Waals surface area contributed by atoms with Crippen LogP contribution in [0.5, 0.6) is 11.5 Å². The van der Waals surface area contributed by atoms with Crippen molar-refractivity contribution in [3.63, 3.8) is 0 Å². The normalized spacial score (nSPS) is 12.2. The fraction of sp³-hybridized carbons (Fsp3) is 0.120. The zero-order valence-corrected chi connectivity index (χ0v) is 21.3. The van der Waals surface area contributed by atoms with Gasteiger partial charge in [-0.3, -0.25) is 4.79 Å². The molecule has 37 heavy (non-hydrogen) atoms. The van der Waals surface area contributed by atoms with Crippen molar-refractivity contribution in [2.75, 3.05) is 0 Å². The van der Waals surface area contributed by atoms with Crippen LogP contribution >= 0.6 is 0 Å². The number of benzene rings is 2. The highest BCUT2D eigenvalue weighted by Gasteiger charge is 2.26. The number of rotatable bonds is 5. The SMILES string of the molecule is CC1=CC(=C(c2cc(C)c(O)c(C(=O)O)c2)c2cc(C)c(O)c(C(=O)O)c2)C=C(C(=O)O)C1=O.[NH4+].[NH4+].[NH4+]. The number of hydrogen-bond acceptors (Lipinski definition) is 6. The van der Waals surface area contributed by atoms with Crippen molar-refractivity contribution >= 4 is 29.3 Å². The Morgan fingerprint density at radius 1 is 0.649 bits per heavy atom. The van der Waals surface area contributed by atoms with Crippen molar-refractivity contribution in [3.05, 3.63) is 86.5 Å². The molecule has 0 unspecified atom stereocenters. The molecule has 0 saturated carbocycles. The van der Waals surface area contributed by atoms with E-state index in [9.17, 15) is 44.7 Å². The lowest BCUT2D eigenvalue weighted by Gasteiger charge is -2.19. The van der Waals surface area contributed by atoms with E-state index in [0.29, 0.717) is 0 Å². The van der Waals surface area contributed by atoms with Crippen molar-refractivity contribution in [1.29, 1.82) is 0 Å². The second-order valence-electron chi connectivity index (χ2n) is 7.84. The maximum Gasteiger partial charge on any atom is 0.339 e. The van der Waals surface area contributed by atoms with E-state index in [1.807, 2.05) is 0 Å². The molecule has 0 atom stereocenters. The number of carbonyl (C=O) groups is 4. The van der Waals surface area contributed by atoms with Crippen LogP contribution in [0.4, 0.5) is 0 Å². The van der Waals surface area contributed by atoms with E-state index in [2.05, 4.69) is 0 Å². The van der Waals surface area contributed by atoms with E-state index < -0.39 is 51.9 Å². The molecule has 198 valence electrons. The van der Waals surface area contributed by atoms with Gasteiger partial charge < -0.3 is 44.0 Å². The lowest BCUT2D eigenvalue weighted by molar-refractivity contribution is -0.134. The molecule has 2 aromatic carbocycles. The molecule has 0 spiro atoms. The fourth-order valence-corrected chi connectivity index (χ4v) is 3.75. The van der Waals surface area contributed by atoms with Crippen LogP contribution < -0.4 is 18.5 Å². The molecule has 12 nitrogen and oxygen atoms in total. The van der Waals surface area contributed by atoms with Crippen LogP contribution in [0.25, 0.3) is 5.57 Å². The Morgan fingerprint density at radius 3 is 1.41 bits per heavy atom. The highest BCUT2D eigenvalue weighted by Crippen LogP contribution is 2.38. The van der Waals surface area contributed by atoms with Gasteiger partial charge in [-0.25, -0.2) is 14.4 Å². The van der Waals surface area contributed by atoms with Crippen LogP contribution in [-0.2, 0) is 9.59 Å². The smallest absolute Gasteiger partial charge is 0.339 e. The standard InChI is InChI=1S/C25H20O9.3H3N/c1-10-4-13(7-16(20(10)26)23(29)30)19(14-5-11(2)21(27)17(8-14)24(31)32)15-6-12(3)22(28)18(9-15)25(33)34;;;/h4-9,26-27H,1-3H3,(H,29,30)(H,31,32)(H,33,34);3*1H3/p+3. The number of carboxylic acids is 3. The van der Waals surface area contributed by atoms with Crippen LogP contribution in [0, 0.1) is 13.8 Å². The van der Waals surface area contributed by atoms with Crippen molar-refractivity contribution in [1.82, 2.24) is 18.5 Å². The summed E-state index contributed by atoms with van der Waals surface area (Å²) in [6.45, 7) is 4.37. The zero-order valence-electron chi connectivity index (χ0n) is 21.3. The predicted molar refractivity (Wildman–Crippen MR) is 138 cm³/mol. The monoisotopic (exact) mass is 518 g/mol. The first-order valence-corrected chi connectivity index (χ1v) is 9.90. The molecule has 0 bridgehead atoms. The number of aryl methyl sites for hydroxylation is 2. The van der Waals surface area contributed by atoms with Gasteiger partial charge in [0.2, 0.25) is 0 Å². The molecule has 0 fully saturated rings. The number of aromatic hydroxyl groups is 2. The average Bonchev–Trinajstić information content (AvgIpc) is 2.74. The van der Waals surface area contributed by atoms with Crippen molar-refractivity contribution in [3.8, 4) is 11.5 Å². The Bertz CT molecular complexity index is 1330. The number of ketones is 1. The molecule has 1 aliphatic rings. The Balaban J connectivity index is 0.00000432. The Hall–Kier alpha value is -4.78. The largest absolute Gasteiger partial charge is 0.507 e. The van der Waals surface area contributed by atoms with E-state index in [1.165, 1.54) is 51.1 Å². The molecule has 0 heterocycles. The molecule has 2 aromatic rings. The third-order valence-electron chi connectivity index (χ3n) is 5.43. The Kier molecular flexibility index (Phi) is 10.2. The van der Waals surface area contributed by atoms with Crippen molar-refractivity contribution in [2.24, 2.45) is 0 Å². The van der Waals surface area contributed by atoms with Crippen LogP contribution in [-0.4, -0.2) is 49.2 Å². The first-order valence-electron chi connectivity index (χ1n) is 9.90. The van der Waals surface area contributed by atoms with Crippen molar-refractivity contribution < 1.29 is 44.7 Å². The number of carbonyl (C=O) groups excluding carboxylic acids is 1. The summed E-state index contributed by atoms with van der Waals surface area (Å²) < 4.78 is 0. The fourth-order valence-electron chi connectivity index (χ4n) is 3.75. The molecule has 17 N–H and O–H groups in total. The van der Waals surface area contributed by atoms with Gasteiger partial charge in [0.15, 0.2) is 5.78 Å². The van der Waals surface area contributed by atoms with Gasteiger partial charge in [-0.2, -0.15) is 0 Å². The Labute approximate surface area is 211 Å². The lowest BCUT2D eigenvalue weighted by atomic mass is 9.84. The van der Waals surface area contributed by atoms with E-state index in [-0.39, 0.29) is 57.4 Å². The molecule has 12 heteroatoms. The van der Waals surface area contributed by atoms with Gasteiger partial charge in [-0.1, -0.05) is 0 Å². The molecule has 0 saturated heterocycles. The van der Waals surface area contributed by atoms with Crippen LogP contribution in [0.15, 0.2) is 53.1 Å². The summed E-state index contributed by atoms with van der Waals surface area (Å²) in [5.41, 5.74) is 0.0278. The highest BCUT2D eigenvalue weighted by molar-refractivity contribution is 6.25. The van der Waals surface area contributed by atoms with Gasteiger partial charge in [0.25, 0.3) is 0 Å². The number of aromatic carboxylic acids is 2. The quantitative estimate of drug-likeness (QED) is 0.256. The minimum Gasteiger partial charge on any atom is -0.507 e. The van der Waals surface area contributed by atoms with E-state index in [1.54, 1.807) is 0 Å². The maximum absolute atomic E-state index is 12.3. The number of Topliss-reactive ketones (excluding diaryl/α,β-unsaturated/α-hetero) is 1. The first kappa shape index (κ1) is 32.2. The number of allylic oxidation sites excluding steroid dienone is 4. The summed E-state index contributed by atoms with van der Waals surface area (Å²) >= 11 is 0. The minimum absolute atomic E-state index is 0. The number of carboxylic acid groups (broad SMARTS) is 3. The maximum atomic E-state index is 12.3. The second-order valence-corrected chi connectivity index (χ2v) is 7.84. The molecule has 0 amide bonds. The van der Waals surface area contributed by atoms with E-state index in [4.69, 9.17) is 0 Å². The summed E-state index contributed by atoms with van der Waals surface area (Å²) in [4.78, 5) is 47.4. The molecule has 0 aliphatic heterocycles. The van der Waals surface area contributed by atoms with Gasteiger partial charge in [-0.15, -0.1) is 0 Å². The topological polar surface area (TPSA) is 279 Å². The predicted octanol–water partition coefficient (Wildman–Crippen LogP) is 4.58. The summed E-state index contributed by atoms with van der Waals surface area (Å²) in [6.07, 6.45) is 2.54. The van der Waals surface area contributed by atoms with Gasteiger partial charge in [0.1, 0.15) is 28.2 Å². The third-order valence-corrected chi connectivity index (χ3v) is 5.43. The van der Waals surface area contributed by atoms with E-state index >= 15 is 0 Å². The summed E-state index contributed by atoms with van der Waals surface area (Å²) in [7, 11) is 0. The number of hydrogen-bond donors (Lipinski definition) is 8. The van der Waals surface area contributed by atoms with Crippen LogP contribution in [0.1, 0.15) is 49.9 Å². The molecule has 1 aliphatic carbocycles. The van der Waals surface area contributed by atoms with Gasteiger partial charge >= 0.3 is 17.9 Å². The van der Waals surface area contributed by atoms with Crippen molar-refractivity contribution in [2.45, 2.75) is 20.8 Å². The van der Waals surface area contributed by atoms with Gasteiger partial charge in [0, 0.05) is 0 Å². The minimum atomic E-state index is -1.46. The second kappa shape index (κ2) is 11.8. The van der Waals surface area contributed by atoms with Gasteiger partial charge in [0.05, 0.1) is 0 Å². The lowest BCUT2D eigenvalue weighted by Crippen LogP contribution is -2.17. The summed E-state index contributed by atoms with van der Waals surface area (Å²) in [6, 6.07) is 5.26. The van der Waals surface area contributed by atoms with Crippen LogP contribution in [0.3, 0.4) is 0 Å².